The minimum atomic E-state index is 0. The van der Waals surface area contributed by atoms with Gasteiger partial charge < -0.3 is 19.9 Å². The molecular formula is C20H21ClN2O4S. The van der Waals surface area contributed by atoms with E-state index in [1.807, 2.05) is 29.6 Å². The molecule has 148 valence electrons. The molecular weight excluding hydrogens is 400 g/mol. The molecule has 2 N–H and O–H groups in total. The Morgan fingerprint density at radius 1 is 1.07 bits per heavy atom. The number of methoxy groups -OCH3 is 3. The monoisotopic (exact) mass is 420 g/mol. The lowest BCUT2D eigenvalue weighted by molar-refractivity contribution is 0.112. The fraction of sp³-hybridized carbons (Fsp3) is 0.200. The second-order valence-electron chi connectivity index (χ2n) is 5.67. The summed E-state index contributed by atoms with van der Waals surface area (Å²) in [6.45, 7) is 0.495. The molecule has 0 aliphatic heterocycles. The minimum absolute atomic E-state index is 0. The standard InChI is InChI=1S/C20H20N2O4S.ClH/c1-24-16-8-14(10-23)17(19(26-3)18(16)25-2)15-11-27-20(22-15)13-6-4-12(9-21)5-7-13;/h4-8,10-11H,9,21H2,1-3H3;1H. The molecule has 6 nitrogen and oxygen atoms in total. The lowest BCUT2D eigenvalue weighted by Crippen LogP contribution is -2.00. The van der Waals surface area contributed by atoms with Crippen LogP contribution in [0.3, 0.4) is 0 Å². The maximum Gasteiger partial charge on any atom is 0.204 e. The molecule has 2 aromatic carbocycles. The minimum Gasteiger partial charge on any atom is -0.493 e. The number of benzene rings is 2. The van der Waals surface area contributed by atoms with Crippen LogP contribution in [-0.2, 0) is 6.54 Å². The van der Waals surface area contributed by atoms with Gasteiger partial charge in [-0.25, -0.2) is 4.98 Å². The summed E-state index contributed by atoms with van der Waals surface area (Å²) in [6, 6.07) is 9.54. The summed E-state index contributed by atoms with van der Waals surface area (Å²) in [7, 11) is 4.56. The molecule has 0 fully saturated rings. The highest BCUT2D eigenvalue weighted by Gasteiger charge is 2.23. The van der Waals surface area contributed by atoms with Gasteiger partial charge in [0.1, 0.15) is 5.01 Å². The molecule has 0 atom stereocenters. The van der Waals surface area contributed by atoms with Gasteiger partial charge in [-0.1, -0.05) is 24.3 Å². The first-order valence-corrected chi connectivity index (χ1v) is 9.08. The molecule has 1 aromatic heterocycles. The molecule has 0 aliphatic carbocycles. The van der Waals surface area contributed by atoms with Crippen LogP contribution in [0.2, 0.25) is 0 Å². The van der Waals surface area contributed by atoms with E-state index in [-0.39, 0.29) is 12.4 Å². The summed E-state index contributed by atoms with van der Waals surface area (Å²) in [5, 5.41) is 2.73. The normalized spacial score (nSPS) is 10.1. The largest absolute Gasteiger partial charge is 0.493 e. The Kier molecular flexibility index (Phi) is 7.39. The highest BCUT2D eigenvalue weighted by Crippen LogP contribution is 2.46. The number of ether oxygens (including phenoxy) is 3. The van der Waals surface area contributed by atoms with Crippen molar-refractivity contribution in [1.82, 2.24) is 4.98 Å². The fourth-order valence-electron chi connectivity index (χ4n) is 2.84. The highest BCUT2D eigenvalue weighted by atomic mass is 35.5. The number of hydrogen-bond donors (Lipinski definition) is 1. The summed E-state index contributed by atoms with van der Waals surface area (Å²) < 4.78 is 16.3. The molecule has 3 rings (SSSR count). The average molecular weight is 421 g/mol. The number of thiazole rings is 1. The first-order chi connectivity index (χ1) is 13.2. The first-order valence-electron chi connectivity index (χ1n) is 8.20. The number of halogens is 1. The molecule has 28 heavy (non-hydrogen) atoms. The molecule has 0 spiro atoms. The van der Waals surface area contributed by atoms with Gasteiger partial charge in [0.25, 0.3) is 0 Å². The molecule has 0 amide bonds. The highest BCUT2D eigenvalue weighted by molar-refractivity contribution is 7.13. The fourth-order valence-corrected chi connectivity index (χ4v) is 3.65. The van der Waals surface area contributed by atoms with Gasteiger partial charge in [0.15, 0.2) is 17.8 Å². The molecule has 0 radical (unpaired) electrons. The summed E-state index contributed by atoms with van der Waals surface area (Å²) >= 11 is 1.49. The van der Waals surface area contributed by atoms with Gasteiger partial charge in [-0.2, -0.15) is 0 Å². The predicted molar refractivity (Wildman–Crippen MR) is 113 cm³/mol. The third-order valence-corrected chi connectivity index (χ3v) is 5.08. The lowest BCUT2D eigenvalue weighted by atomic mass is 10.0. The van der Waals surface area contributed by atoms with E-state index in [9.17, 15) is 4.79 Å². The van der Waals surface area contributed by atoms with Gasteiger partial charge in [0, 0.05) is 23.1 Å². The number of rotatable bonds is 7. The Morgan fingerprint density at radius 2 is 1.75 bits per heavy atom. The number of aromatic nitrogens is 1. The van der Waals surface area contributed by atoms with Crippen LogP contribution in [0, 0.1) is 0 Å². The lowest BCUT2D eigenvalue weighted by Gasteiger charge is -2.16. The number of hydrogen-bond acceptors (Lipinski definition) is 7. The van der Waals surface area contributed by atoms with Crippen LogP contribution in [0.4, 0.5) is 0 Å². The number of nitrogens with two attached hydrogens (primary N) is 1. The zero-order valence-corrected chi connectivity index (χ0v) is 17.4. The van der Waals surface area contributed by atoms with E-state index in [0.717, 1.165) is 22.4 Å². The summed E-state index contributed by atoms with van der Waals surface area (Å²) in [5.74, 6) is 1.25. The Bertz CT molecular complexity index is 958. The predicted octanol–water partition coefficient (Wildman–Crippen LogP) is 4.20. The SMILES string of the molecule is COc1cc(C=O)c(-c2csc(-c3ccc(CN)cc3)n2)c(OC)c1OC.Cl. The van der Waals surface area contributed by atoms with E-state index >= 15 is 0 Å². The summed E-state index contributed by atoms with van der Waals surface area (Å²) in [4.78, 5) is 16.4. The van der Waals surface area contributed by atoms with Gasteiger partial charge in [-0.05, 0) is 11.6 Å². The number of aldehydes is 1. The summed E-state index contributed by atoms with van der Waals surface area (Å²) in [5.41, 5.74) is 9.32. The average Bonchev–Trinajstić information content (AvgIpc) is 3.21. The molecule has 0 saturated heterocycles. The second kappa shape index (κ2) is 9.54. The topological polar surface area (TPSA) is 83.7 Å². The zero-order chi connectivity index (χ0) is 19.4. The molecule has 0 saturated carbocycles. The number of nitrogens with zero attached hydrogens (tertiary/aromatic N) is 1. The van der Waals surface area contributed by atoms with E-state index < -0.39 is 0 Å². The van der Waals surface area contributed by atoms with Crippen molar-refractivity contribution < 1.29 is 19.0 Å². The van der Waals surface area contributed by atoms with Crippen LogP contribution in [-0.4, -0.2) is 32.6 Å². The molecule has 0 aliphatic rings. The zero-order valence-electron chi connectivity index (χ0n) is 15.7. The number of carbonyl (C=O) groups is 1. The van der Waals surface area contributed by atoms with Crippen LogP contribution >= 0.6 is 23.7 Å². The molecule has 0 bridgehead atoms. The Hall–Kier alpha value is -2.61. The van der Waals surface area contributed by atoms with Crippen molar-refractivity contribution in [3.05, 3.63) is 46.8 Å². The van der Waals surface area contributed by atoms with Crippen LogP contribution in [0.25, 0.3) is 21.8 Å². The van der Waals surface area contributed by atoms with Crippen LogP contribution in [0.5, 0.6) is 17.2 Å². The van der Waals surface area contributed by atoms with Crippen molar-refractivity contribution in [1.29, 1.82) is 0 Å². The van der Waals surface area contributed by atoms with Crippen molar-refractivity contribution in [2.45, 2.75) is 6.54 Å². The molecule has 1 heterocycles. The van der Waals surface area contributed by atoms with Crippen molar-refractivity contribution >= 4 is 30.0 Å². The Labute approximate surface area is 173 Å². The maximum atomic E-state index is 11.7. The van der Waals surface area contributed by atoms with Gasteiger partial charge in [-0.3, -0.25) is 4.79 Å². The van der Waals surface area contributed by atoms with Crippen molar-refractivity contribution in [2.75, 3.05) is 21.3 Å². The Balaban J connectivity index is 0.00000280. The van der Waals surface area contributed by atoms with E-state index in [2.05, 4.69) is 0 Å². The molecule has 8 heteroatoms. The molecule has 3 aromatic rings. The van der Waals surface area contributed by atoms with Crippen molar-refractivity contribution in [3.8, 4) is 39.1 Å². The Morgan fingerprint density at radius 3 is 2.29 bits per heavy atom. The van der Waals surface area contributed by atoms with Crippen LogP contribution in [0.15, 0.2) is 35.7 Å². The van der Waals surface area contributed by atoms with Crippen LogP contribution < -0.4 is 19.9 Å². The third-order valence-electron chi connectivity index (χ3n) is 4.18. The second-order valence-corrected chi connectivity index (χ2v) is 6.52. The van der Waals surface area contributed by atoms with E-state index in [1.54, 1.807) is 6.07 Å². The summed E-state index contributed by atoms with van der Waals surface area (Å²) in [6.07, 6.45) is 0.759. The van der Waals surface area contributed by atoms with E-state index in [1.165, 1.54) is 32.7 Å². The van der Waals surface area contributed by atoms with Crippen LogP contribution in [0.1, 0.15) is 15.9 Å². The smallest absolute Gasteiger partial charge is 0.204 e. The van der Waals surface area contributed by atoms with Gasteiger partial charge in [0.05, 0.1) is 32.6 Å². The van der Waals surface area contributed by atoms with Gasteiger partial charge in [0.2, 0.25) is 5.75 Å². The first kappa shape index (κ1) is 21.7. The molecule has 0 unspecified atom stereocenters. The quantitative estimate of drug-likeness (QED) is 0.577. The van der Waals surface area contributed by atoms with E-state index in [4.69, 9.17) is 24.9 Å². The van der Waals surface area contributed by atoms with E-state index in [0.29, 0.717) is 40.6 Å². The van der Waals surface area contributed by atoms with Gasteiger partial charge in [-0.15, -0.1) is 23.7 Å². The van der Waals surface area contributed by atoms with Gasteiger partial charge >= 0.3 is 0 Å². The van der Waals surface area contributed by atoms with Crippen molar-refractivity contribution in [2.24, 2.45) is 5.73 Å². The third kappa shape index (κ3) is 3.96. The number of carbonyl (C=O) groups excluding carboxylic acids is 1. The van der Waals surface area contributed by atoms with Crippen molar-refractivity contribution in [3.63, 3.8) is 0 Å². The maximum absolute atomic E-state index is 11.7.